The topological polar surface area (TPSA) is 6.48 Å². The molecule has 138 valence electrons. The third-order valence-corrected chi connectivity index (χ3v) is 6.02. The number of piperazine rings is 1. The van der Waals surface area contributed by atoms with Crippen molar-refractivity contribution in [3.8, 4) is 0 Å². The van der Waals surface area contributed by atoms with E-state index in [4.69, 9.17) is 23.8 Å². The second kappa shape index (κ2) is 8.41. The van der Waals surface area contributed by atoms with Crippen molar-refractivity contribution in [3.63, 3.8) is 0 Å². The molecule has 0 bridgehead atoms. The van der Waals surface area contributed by atoms with Crippen molar-refractivity contribution in [1.29, 1.82) is 0 Å². The third-order valence-electron chi connectivity index (χ3n) is 5.32. The van der Waals surface area contributed by atoms with Crippen LogP contribution in [0, 0.1) is 0 Å². The maximum absolute atomic E-state index is 6.12. The molecule has 4 heteroatoms. The van der Waals surface area contributed by atoms with Gasteiger partial charge in [0.1, 0.15) is 0 Å². The first kappa shape index (κ1) is 19.2. The highest BCUT2D eigenvalue weighted by Crippen LogP contribution is 2.29. The Hall–Kier alpha value is -1.58. The van der Waals surface area contributed by atoms with Crippen LogP contribution in [0.2, 0.25) is 5.02 Å². The fourth-order valence-electron chi connectivity index (χ4n) is 3.50. The van der Waals surface area contributed by atoms with E-state index in [0.717, 1.165) is 49.0 Å². The molecule has 0 amide bonds. The summed E-state index contributed by atoms with van der Waals surface area (Å²) < 4.78 is 0. The van der Waals surface area contributed by atoms with Gasteiger partial charge in [0.05, 0.1) is 4.99 Å². The number of nitrogens with zero attached hydrogens (tertiary/aromatic N) is 2. The van der Waals surface area contributed by atoms with Gasteiger partial charge in [0.15, 0.2) is 0 Å². The standard InChI is InChI=1S/C22H27ClN2S/c1-22(2,18-7-4-3-5-8-18)12-11-21(26)25-15-13-24(14-16-25)20-10-6-9-19(23)17-20/h3-10,17H,11-16H2,1-2H3. The average Bonchev–Trinajstić information content (AvgIpc) is 2.67. The maximum Gasteiger partial charge on any atom is 0.0780 e. The lowest BCUT2D eigenvalue weighted by molar-refractivity contribution is 0.378. The lowest BCUT2D eigenvalue weighted by atomic mass is 9.80. The van der Waals surface area contributed by atoms with E-state index < -0.39 is 0 Å². The van der Waals surface area contributed by atoms with Gasteiger partial charge < -0.3 is 9.80 Å². The van der Waals surface area contributed by atoms with Gasteiger partial charge in [0.25, 0.3) is 0 Å². The molecule has 0 atom stereocenters. The van der Waals surface area contributed by atoms with Crippen molar-refractivity contribution in [3.05, 3.63) is 65.2 Å². The van der Waals surface area contributed by atoms with Gasteiger partial charge in [-0.1, -0.05) is 74.1 Å². The Morgan fingerprint density at radius 3 is 2.35 bits per heavy atom. The molecule has 0 saturated carbocycles. The number of halogens is 1. The highest BCUT2D eigenvalue weighted by Gasteiger charge is 2.24. The predicted octanol–water partition coefficient (Wildman–Crippen LogP) is 5.55. The molecule has 2 aromatic carbocycles. The van der Waals surface area contributed by atoms with Gasteiger partial charge in [-0.15, -0.1) is 0 Å². The van der Waals surface area contributed by atoms with E-state index in [1.807, 2.05) is 18.2 Å². The monoisotopic (exact) mass is 386 g/mol. The summed E-state index contributed by atoms with van der Waals surface area (Å²) >= 11 is 11.9. The van der Waals surface area contributed by atoms with Crippen LogP contribution in [0.4, 0.5) is 5.69 Å². The van der Waals surface area contributed by atoms with Crippen LogP contribution >= 0.6 is 23.8 Å². The van der Waals surface area contributed by atoms with Gasteiger partial charge in [-0.05, 0) is 42.0 Å². The molecule has 1 aliphatic rings. The zero-order valence-electron chi connectivity index (χ0n) is 15.6. The molecule has 0 aliphatic carbocycles. The Labute approximate surface area is 167 Å². The molecule has 0 unspecified atom stereocenters. The Kier molecular flexibility index (Phi) is 6.20. The van der Waals surface area contributed by atoms with Crippen LogP contribution < -0.4 is 4.90 Å². The molecular weight excluding hydrogens is 360 g/mol. The number of benzene rings is 2. The fourth-order valence-corrected chi connectivity index (χ4v) is 3.97. The summed E-state index contributed by atoms with van der Waals surface area (Å²) in [7, 11) is 0. The summed E-state index contributed by atoms with van der Waals surface area (Å²) in [5.74, 6) is 0. The summed E-state index contributed by atoms with van der Waals surface area (Å²) in [5.41, 5.74) is 2.73. The van der Waals surface area contributed by atoms with Crippen LogP contribution in [0.15, 0.2) is 54.6 Å². The smallest absolute Gasteiger partial charge is 0.0780 e. The fraction of sp³-hybridized carbons (Fsp3) is 0.409. The highest BCUT2D eigenvalue weighted by atomic mass is 35.5. The van der Waals surface area contributed by atoms with Crippen LogP contribution in [-0.2, 0) is 5.41 Å². The van der Waals surface area contributed by atoms with Crippen molar-refractivity contribution < 1.29 is 0 Å². The van der Waals surface area contributed by atoms with Crippen molar-refractivity contribution >= 4 is 34.5 Å². The lowest BCUT2D eigenvalue weighted by Gasteiger charge is -2.38. The number of hydrogen-bond donors (Lipinski definition) is 0. The minimum absolute atomic E-state index is 0.147. The first-order valence-corrected chi connectivity index (χ1v) is 10.1. The van der Waals surface area contributed by atoms with E-state index in [2.05, 4.69) is 60.0 Å². The van der Waals surface area contributed by atoms with E-state index in [9.17, 15) is 0 Å². The molecule has 0 spiro atoms. The van der Waals surface area contributed by atoms with Crippen LogP contribution in [0.5, 0.6) is 0 Å². The molecule has 0 aromatic heterocycles. The minimum Gasteiger partial charge on any atom is -0.368 e. The molecule has 1 heterocycles. The molecule has 1 aliphatic heterocycles. The molecule has 26 heavy (non-hydrogen) atoms. The van der Waals surface area contributed by atoms with Crippen LogP contribution in [0.1, 0.15) is 32.3 Å². The largest absolute Gasteiger partial charge is 0.368 e. The molecule has 0 N–H and O–H groups in total. The van der Waals surface area contributed by atoms with E-state index in [1.165, 1.54) is 11.3 Å². The predicted molar refractivity (Wildman–Crippen MR) is 117 cm³/mol. The molecule has 3 rings (SSSR count). The zero-order chi connectivity index (χ0) is 18.6. The lowest BCUT2D eigenvalue weighted by Crippen LogP contribution is -2.48. The summed E-state index contributed by atoms with van der Waals surface area (Å²) in [6.45, 7) is 8.56. The Morgan fingerprint density at radius 2 is 1.69 bits per heavy atom. The number of rotatable bonds is 5. The molecule has 1 saturated heterocycles. The van der Waals surface area contributed by atoms with E-state index in [1.54, 1.807) is 0 Å². The average molecular weight is 387 g/mol. The summed E-state index contributed by atoms with van der Waals surface area (Å²) in [4.78, 5) is 5.86. The summed E-state index contributed by atoms with van der Waals surface area (Å²) in [5, 5.41) is 0.795. The van der Waals surface area contributed by atoms with Gasteiger partial charge >= 0.3 is 0 Å². The first-order chi connectivity index (χ1) is 12.5. The first-order valence-electron chi connectivity index (χ1n) is 9.29. The molecule has 2 aromatic rings. The van der Waals surface area contributed by atoms with Crippen molar-refractivity contribution in [2.45, 2.75) is 32.1 Å². The molecule has 0 radical (unpaired) electrons. The SMILES string of the molecule is CC(C)(CCC(=S)N1CCN(c2cccc(Cl)c2)CC1)c1ccccc1. The number of hydrogen-bond acceptors (Lipinski definition) is 2. The third kappa shape index (κ3) is 4.77. The van der Waals surface area contributed by atoms with E-state index >= 15 is 0 Å². The van der Waals surface area contributed by atoms with Gasteiger partial charge in [0.2, 0.25) is 0 Å². The van der Waals surface area contributed by atoms with Crippen molar-refractivity contribution in [1.82, 2.24) is 4.90 Å². The second-order valence-corrected chi connectivity index (χ2v) is 8.51. The Balaban J connectivity index is 1.51. The van der Waals surface area contributed by atoms with Gasteiger partial charge in [-0.2, -0.15) is 0 Å². The summed E-state index contributed by atoms with van der Waals surface area (Å²) in [6, 6.07) is 18.8. The number of thiocarbonyl (C=S) groups is 1. The zero-order valence-corrected chi connectivity index (χ0v) is 17.2. The van der Waals surface area contributed by atoms with E-state index in [-0.39, 0.29) is 5.41 Å². The van der Waals surface area contributed by atoms with Crippen LogP contribution in [0.3, 0.4) is 0 Å². The second-order valence-electron chi connectivity index (χ2n) is 7.60. The van der Waals surface area contributed by atoms with Crippen molar-refractivity contribution in [2.75, 3.05) is 31.1 Å². The molecule has 1 fully saturated rings. The normalized spacial score (nSPS) is 15.2. The van der Waals surface area contributed by atoms with Gasteiger partial charge in [-0.3, -0.25) is 0 Å². The molecule has 2 nitrogen and oxygen atoms in total. The highest BCUT2D eigenvalue weighted by molar-refractivity contribution is 7.80. The van der Waals surface area contributed by atoms with Gasteiger partial charge in [-0.25, -0.2) is 0 Å². The minimum atomic E-state index is 0.147. The Morgan fingerprint density at radius 1 is 1.00 bits per heavy atom. The van der Waals surface area contributed by atoms with Crippen molar-refractivity contribution in [2.24, 2.45) is 0 Å². The van der Waals surface area contributed by atoms with E-state index in [0.29, 0.717) is 0 Å². The Bertz CT molecular complexity index is 737. The number of anilines is 1. The maximum atomic E-state index is 6.12. The van der Waals surface area contributed by atoms with Crippen LogP contribution in [0.25, 0.3) is 0 Å². The molecular formula is C22H27ClN2S. The quantitative estimate of drug-likeness (QED) is 0.622. The van der Waals surface area contributed by atoms with Crippen LogP contribution in [-0.4, -0.2) is 36.1 Å². The summed E-state index contributed by atoms with van der Waals surface area (Å²) in [6.07, 6.45) is 2.04. The van der Waals surface area contributed by atoms with Gasteiger partial charge in [0, 0.05) is 36.9 Å².